The Bertz CT molecular complexity index is 758. The van der Waals surface area contributed by atoms with Crippen molar-refractivity contribution in [2.45, 2.75) is 13.1 Å². The Morgan fingerprint density at radius 3 is 2.21 bits per heavy atom. The van der Waals surface area contributed by atoms with E-state index in [-0.39, 0.29) is 11.4 Å². The molecule has 0 saturated heterocycles. The SMILES string of the molecule is CC(=O)N(C(=O)Nc1ccc(C(F)(F)F)cc1)c1cccc(N)c1. The highest BCUT2D eigenvalue weighted by molar-refractivity contribution is 6.17. The number of urea groups is 1. The lowest BCUT2D eigenvalue weighted by Gasteiger charge is -2.20. The Hall–Kier alpha value is -3.03. The Morgan fingerprint density at radius 2 is 1.71 bits per heavy atom. The van der Waals surface area contributed by atoms with Gasteiger partial charge in [0.05, 0.1) is 11.3 Å². The number of imide groups is 1. The van der Waals surface area contributed by atoms with Gasteiger partial charge in [0.2, 0.25) is 5.91 Å². The Balaban J connectivity index is 2.21. The van der Waals surface area contributed by atoms with Gasteiger partial charge < -0.3 is 11.1 Å². The number of amides is 3. The van der Waals surface area contributed by atoms with Crippen LogP contribution in [0.3, 0.4) is 0 Å². The summed E-state index contributed by atoms with van der Waals surface area (Å²) in [4.78, 5) is 24.9. The summed E-state index contributed by atoms with van der Waals surface area (Å²) in [5.41, 5.74) is 5.54. The first-order valence-corrected chi connectivity index (χ1v) is 6.83. The van der Waals surface area contributed by atoms with E-state index in [0.29, 0.717) is 5.69 Å². The largest absolute Gasteiger partial charge is 0.416 e. The molecular formula is C16H14F3N3O2. The summed E-state index contributed by atoms with van der Waals surface area (Å²) >= 11 is 0. The Morgan fingerprint density at radius 1 is 1.08 bits per heavy atom. The summed E-state index contributed by atoms with van der Waals surface area (Å²) in [5, 5.41) is 2.38. The molecule has 0 aliphatic carbocycles. The molecule has 0 radical (unpaired) electrons. The van der Waals surface area contributed by atoms with E-state index in [2.05, 4.69) is 5.32 Å². The fourth-order valence-corrected chi connectivity index (χ4v) is 2.03. The molecule has 0 heterocycles. The minimum Gasteiger partial charge on any atom is -0.399 e. The van der Waals surface area contributed by atoms with E-state index in [1.807, 2.05) is 0 Å². The zero-order valence-corrected chi connectivity index (χ0v) is 12.6. The van der Waals surface area contributed by atoms with Crippen molar-refractivity contribution < 1.29 is 22.8 Å². The van der Waals surface area contributed by atoms with Crippen LogP contribution in [0.5, 0.6) is 0 Å². The van der Waals surface area contributed by atoms with Gasteiger partial charge in [-0.05, 0) is 42.5 Å². The number of rotatable bonds is 2. The van der Waals surface area contributed by atoms with Crippen molar-refractivity contribution in [2.24, 2.45) is 0 Å². The number of benzene rings is 2. The first kappa shape index (κ1) is 17.3. The van der Waals surface area contributed by atoms with Crippen LogP contribution in [-0.2, 0) is 11.0 Å². The lowest BCUT2D eigenvalue weighted by Crippen LogP contribution is -2.38. The van der Waals surface area contributed by atoms with Gasteiger partial charge in [-0.2, -0.15) is 13.2 Å². The molecule has 0 unspecified atom stereocenters. The number of carbonyl (C=O) groups is 2. The van der Waals surface area contributed by atoms with Crippen molar-refractivity contribution in [1.82, 2.24) is 0 Å². The maximum atomic E-state index is 12.5. The molecule has 0 spiro atoms. The van der Waals surface area contributed by atoms with Gasteiger partial charge in [0, 0.05) is 18.3 Å². The standard InChI is InChI=1S/C16H14F3N3O2/c1-10(23)22(14-4-2-3-12(20)9-14)15(24)21-13-7-5-11(6-8-13)16(17,18)19/h2-9H,20H2,1H3,(H,21,24). The fraction of sp³-hybridized carbons (Fsp3) is 0.125. The summed E-state index contributed by atoms with van der Waals surface area (Å²) in [5.74, 6) is -0.565. The van der Waals surface area contributed by atoms with Crippen LogP contribution in [0.25, 0.3) is 0 Å². The van der Waals surface area contributed by atoms with Crippen LogP contribution >= 0.6 is 0 Å². The predicted molar refractivity (Wildman–Crippen MR) is 84.5 cm³/mol. The Kier molecular flexibility index (Phi) is 4.77. The third kappa shape index (κ3) is 4.03. The first-order valence-electron chi connectivity index (χ1n) is 6.83. The third-order valence-electron chi connectivity index (χ3n) is 3.11. The highest BCUT2D eigenvalue weighted by Gasteiger charge is 2.30. The smallest absolute Gasteiger partial charge is 0.399 e. The van der Waals surface area contributed by atoms with Crippen LogP contribution in [0.1, 0.15) is 12.5 Å². The first-order chi connectivity index (χ1) is 11.2. The predicted octanol–water partition coefficient (Wildman–Crippen LogP) is 3.87. The van der Waals surface area contributed by atoms with E-state index in [1.54, 1.807) is 12.1 Å². The van der Waals surface area contributed by atoms with E-state index in [4.69, 9.17) is 5.73 Å². The zero-order valence-electron chi connectivity index (χ0n) is 12.6. The number of nitrogen functional groups attached to an aromatic ring is 1. The summed E-state index contributed by atoms with van der Waals surface area (Å²) < 4.78 is 37.6. The van der Waals surface area contributed by atoms with Gasteiger partial charge in [-0.15, -0.1) is 0 Å². The van der Waals surface area contributed by atoms with E-state index >= 15 is 0 Å². The molecule has 0 fully saturated rings. The van der Waals surface area contributed by atoms with Gasteiger partial charge in [0.1, 0.15) is 0 Å². The summed E-state index contributed by atoms with van der Waals surface area (Å²) in [6, 6.07) is 9.23. The van der Waals surface area contributed by atoms with Crippen molar-refractivity contribution in [3.05, 3.63) is 54.1 Å². The van der Waals surface area contributed by atoms with Crippen molar-refractivity contribution >= 4 is 29.0 Å². The number of nitrogens with two attached hydrogens (primary N) is 1. The molecule has 5 nitrogen and oxygen atoms in total. The van der Waals surface area contributed by atoms with E-state index in [1.165, 1.54) is 19.1 Å². The van der Waals surface area contributed by atoms with Gasteiger partial charge in [-0.3, -0.25) is 4.79 Å². The number of anilines is 3. The molecular weight excluding hydrogens is 323 g/mol. The van der Waals surface area contributed by atoms with Gasteiger partial charge >= 0.3 is 12.2 Å². The number of nitrogens with zero attached hydrogens (tertiary/aromatic N) is 1. The second-order valence-corrected chi connectivity index (χ2v) is 4.95. The fourth-order valence-electron chi connectivity index (χ4n) is 2.03. The molecule has 3 N–H and O–H groups in total. The van der Waals surface area contributed by atoms with E-state index in [9.17, 15) is 22.8 Å². The van der Waals surface area contributed by atoms with Gasteiger partial charge in [0.25, 0.3) is 0 Å². The van der Waals surface area contributed by atoms with Crippen LogP contribution in [0.15, 0.2) is 48.5 Å². The molecule has 0 atom stereocenters. The second-order valence-electron chi connectivity index (χ2n) is 4.95. The van der Waals surface area contributed by atoms with E-state index in [0.717, 1.165) is 29.2 Å². The second kappa shape index (κ2) is 6.61. The molecule has 2 aromatic carbocycles. The molecule has 126 valence electrons. The number of alkyl halides is 3. The van der Waals surface area contributed by atoms with Gasteiger partial charge in [0.15, 0.2) is 0 Å². The number of hydrogen-bond donors (Lipinski definition) is 2. The van der Waals surface area contributed by atoms with Gasteiger partial charge in [-0.1, -0.05) is 6.07 Å². The maximum absolute atomic E-state index is 12.5. The van der Waals surface area contributed by atoms with Crippen molar-refractivity contribution in [1.29, 1.82) is 0 Å². The van der Waals surface area contributed by atoms with Crippen LogP contribution in [0.2, 0.25) is 0 Å². The van der Waals surface area contributed by atoms with Crippen LogP contribution in [0.4, 0.5) is 35.0 Å². The number of nitrogens with one attached hydrogen (secondary N) is 1. The quantitative estimate of drug-likeness (QED) is 0.817. The van der Waals surface area contributed by atoms with E-state index < -0.39 is 23.7 Å². The van der Waals surface area contributed by atoms with Crippen LogP contribution in [-0.4, -0.2) is 11.9 Å². The molecule has 8 heteroatoms. The molecule has 0 saturated carbocycles. The summed E-state index contributed by atoms with van der Waals surface area (Å²) in [6.45, 7) is 1.19. The molecule has 2 rings (SSSR count). The minimum absolute atomic E-state index is 0.128. The molecule has 0 aromatic heterocycles. The van der Waals surface area contributed by atoms with Crippen molar-refractivity contribution in [3.63, 3.8) is 0 Å². The monoisotopic (exact) mass is 337 g/mol. The zero-order chi connectivity index (χ0) is 17.9. The highest BCUT2D eigenvalue weighted by atomic mass is 19.4. The lowest BCUT2D eigenvalue weighted by molar-refractivity contribution is -0.137. The summed E-state index contributed by atoms with van der Waals surface area (Å²) in [7, 11) is 0. The molecule has 0 bridgehead atoms. The Labute approximate surface area is 135 Å². The normalized spacial score (nSPS) is 11.0. The van der Waals surface area contributed by atoms with Crippen molar-refractivity contribution in [2.75, 3.05) is 16.0 Å². The molecule has 0 aliphatic heterocycles. The minimum atomic E-state index is -4.46. The van der Waals surface area contributed by atoms with Crippen LogP contribution < -0.4 is 16.0 Å². The number of hydrogen-bond acceptors (Lipinski definition) is 3. The summed E-state index contributed by atoms with van der Waals surface area (Å²) in [6.07, 6.45) is -4.46. The lowest BCUT2D eigenvalue weighted by atomic mass is 10.2. The molecule has 2 aromatic rings. The molecule has 0 aliphatic rings. The average molecular weight is 337 g/mol. The maximum Gasteiger partial charge on any atom is 0.416 e. The number of carbonyl (C=O) groups excluding carboxylic acids is 2. The average Bonchev–Trinajstić information content (AvgIpc) is 2.46. The molecule has 3 amide bonds. The number of halogens is 3. The molecule has 24 heavy (non-hydrogen) atoms. The third-order valence-corrected chi connectivity index (χ3v) is 3.11. The highest BCUT2D eigenvalue weighted by Crippen LogP contribution is 2.30. The van der Waals surface area contributed by atoms with Crippen LogP contribution in [0, 0.1) is 0 Å². The topological polar surface area (TPSA) is 75.4 Å². The van der Waals surface area contributed by atoms with Crippen molar-refractivity contribution in [3.8, 4) is 0 Å². The van der Waals surface area contributed by atoms with Gasteiger partial charge in [-0.25, -0.2) is 9.69 Å².